The third-order valence-corrected chi connectivity index (χ3v) is 7.80. The van der Waals surface area contributed by atoms with Crippen LogP contribution in [0.4, 0.5) is 0 Å². The Labute approximate surface area is 183 Å². The lowest BCUT2D eigenvalue weighted by molar-refractivity contribution is 0.404. The van der Waals surface area contributed by atoms with Crippen LogP contribution in [0.2, 0.25) is 0 Å². The van der Waals surface area contributed by atoms with E-state index in [4.69, 9.17) is 0 Å². The van der Waals surface area contributed by atoms with Crippen LogP contribution in [0.15, 0.2) is 77.0 Å². The summed E-state index contributed by atoms with van der Waals surface area (Å²) < 4.78 is 30.2. The van der Waals surface area contributed by atoms with Crippen molar-refractivity contribution in [2.24, 2.45) is 0 Å². The summed E-state index contributed by atoms with van der Waals surface area (Å²) in [6.07, 6.45) is 0. The summed E-state index contributed by atoms with van der Waals surface area (Å²) >= 11 is 1.53. The first-order valence-corrected chi connectivity index (χ1v) is 12.0. The molecule has 3 heterocycles. The molecule has 0 unspecified atom stereocenters. The van der Waals surface area contributed by atoms with E-state index >= 15 is 0 Å². The molecule has 9 heteroatoms. The van der Waals surface area contributed by atoms with Crippen molar-refractivity contribution in [2.75, 3.05) is 0 Å². The molecule has 31 heavy (non-hydrogen) atoms. The summed E-state index contributed by atoms with van der Waals surface area (Å²) in [5, 5.41) is 15.1. The van der Waals surface area contributed by atoms with Gasteiger partial charge in [-0.05, 0) is 59.1 Å². The number of hydrogen-bond donors (Lipinski definition) is 0. The average molecular weight is 450 g/mol. The number of thiophene rings is 1. The van der Waals surface area contributed by atoms with Gasteiger partial charge < -0.3 is 0 Å². The van der Waals surface area contributed by atoms with Crippen molar-refractivity contribution < 1.29 is 8.42 Å². The summed E-state index contributed by atoms with van der Waals surface area (Å²) in [4.78, 5) is 1.23. The zero-order valence-corrected chi connectivity index (χ0v) is 18.3. The van der Waals surface area contributed by atoms with Crippen molar-refractivity contribution in [1.29, 1.82) is 0 Å². The van der Waals surface area contributed by atoms with Crippen molar-refractivity contribution in [3.05, 3.63) is 88.1 Å². The van der Waals surface area contributed by atoms with Crippen molar-refractivity contribution in [2.45, 2.75) is 24.9 Å². The van der Waals surface area contributed by atoms with Crippen molar-refractivity contribution in [3.63, 3.8) is 0 Å². The van der Waals surface area contributed by atoms with E-state index in [9.17, 15) is 8.42 Å². The van der Waals surface area contributed by atoms with Crippen LogP contribution in [0.5, 0.6) is 0 Å². The summed E-state index contributed by atoms with van der Waals surface area (Å²) in [5.74, 6) is 0. The van der Waals surface area contributed by atoms with Gasteiger partial charge >= 0.3 is 0 Å². The number of benzene rings is 2. The van der Waals surface area contributed by atoms with Crippen molar-refractivity contribution in [3.8, 4) is 0 Å². The Hall–Kier alpha value is -3.14. The fourth-order valence-corrected chi connectivity index (χ4v) is 5.85. The van der Waals surface area contributed by atoms with Crippen LogP contribution in [0.3, 0.4) is 0 Å². The van der Waals surface area contributed by atoms with Gasteiger partial charge in [-0.3, -0.25) is 0 Å². The van der Waals surface area contributed by atoms with E-state index in [1.165, 1.54) is 15.6 Å². The molecular formula is C22H19N5O2S2. The van der Waals surface area contributed by atoms with E-state index in [-0.39, 0.29) is 18.0 Å². The second-order valence-electron chi connectivity index (χ2n) is 7.31. The molecule has 0 spiro atoms. The van der Waals surface area contributed by atoms with E-state index in [2.05, 4.69) is 21.6 Å². The Morgan fingerprint density at radius 2 is 1.84 bits per heavy atom. The Morgan fingerprint density at radius 1 is 1.00 bits per heavy atom. The van der Waals surface area contributed by atoms with Gasteiger partial charge in [0.25, 0.3) is 0 Å². The summed E-state index contributed by atoms with van der Waals surface area (Å²) in [6.45, 7) is 2.45. The van der Waals surface area contributed by atoms with Gasteiger partial charge in [0.1, 0.15) is 0 Å². The van der Waals surface area contributed by atoms with Gasteiger partial charge in [-0.15, -0.1) is 16.4 Å². The molecule has 0 N–H and O–H groups in total. The molecule has 0 saturated carbocycles. The molecule has 0 bridgehead atoms. The summed E-state index contributed by atoms with van der Waals surface area (Å²) in [7, 11) is -3.73. The number of pyridine rings is 1. The Balaban J connectivity index is 1.64. The van der Waals surface area contributed by atoms with Crippen LogP contribution < -0.4 is 0 Å². The molecule has 0 radical (unpaired) electrons. The minimum Gasteiger partial charge on any atom is -0.207 e. The van der Waals surface area contributed by atoms with Gasteiger partial charge in [-0.1, -0.05) is 35.9 Å². The molecule has 5 rings (SSSR count). The second kappa shape index (κ2) is 7.84. The number of rotatable bonds is 6. The smallest absolute Gasteiger partial charge is 0.207 e. The van der Waals surface area contributed by atoms with Crippen LogP contribution in [-0.4, -0.2) is 32.8 Å². The van der Waals surface area contributed by atoms with Crippen molar-refractivity contribution >= 4 is 37.9 Å². The first-order valence-electron chi connectivity index (χ1n) is 9.70. The van der Waals surface area contributed by atoms with E-state index in [0.717, 1.165) is 26.9 Å². The molecular weight excluding hydrogens is 430 g/mol. The van der Waals surface area contributed by atoms with Gasteiger partial charge in [-0.2, -0.15) is 8.82 Å². The molecule has 0 atom stereocenters. The minimum absolute atomic E-state index is 0.156. The monoisotopic (exact) mass is 449 g/mol. The van der Waals surface area contributed by atoms with E-state index in [1.807, 2.05) is 42.6 Å². The Bertz CT molecular complexity index is 1460. The second-order valence-corrected chi connectivity index (χ2v) is 10.3. The predicted octanol–water partition coefficient (Wildman–Crippen LogP) is 4.04. The lowest BCUT2D eigenvalue weighted by Gasteiger charge is -2.22. The SMILES string of the molecule is Cc1ccc2c(c1)cc(CN(Cc1cccs1)S(=O)(=O)c1ccccc1)c1nnnn12. The van der Waals surface area contributed by atoms with Crippen LogP contribution in [0.25, 0.3) is 16.6 Å². The van der Waals surface area contributed by atoms with Gasteiger partial charge in [0, 0.05) is 28.9 Å². The zero-order chi connectivity index (χ0) is 21.4. The van der Waals surface area contributed by atoms with Gasteiger partial charge in [0.15, 0.2) is 5.65 Å². The zero-order valence-electron chi connectivity index (χ0n) is 16.7. The molecule has 0 aliphatic rings. The number of nitrogens with zero attached hydrogens (tertiary/aromatic N) is 5. The Kier molecular flexibility index (Phi) is 5.01. The largest absolute Gasteiger partial charge is 0.243 e. The van der Waals surface area contributed by atoms with Crippen molar-refractivity contribution in [1.82, 2.24) is 24.3 Å². The molecule has 5 aromatic rings. The average Bonchev–Trinajstić information content (AvgIpc) is 3.46. The van der Waals surface area contributed by atoms with Gasteiger partial charge in [0.2, 0.25) is 10.0 Å². The quantitative estimate of drug-likeness (QED) is 0.391. The fraction of sp³-hybridized carbons (Fsp3) is 0.136. The maximum absolute atomic E-state index is 13.5. The van der Waals surface area contributed by atoms with Gasteiger partial charge in [-0.25, -0.2) is 8.42 Å². The first kappa shape index (κ1) is 19.8. The third kappa shape index (κ3) is 3.71. The van der Waals surface area contributed by atoms with Crippen LogP contribution in [-0.2, 0) is 23.1 Å². The molecule has 0 aliphatic carbocycles. The highest BCUT2D eigenvalue weighted by Crippen LogP contribution is 2.26. The Morgan fingerprint density at radius 3 is 2.61 bits per heavy atom. The molecule has 0 amide bonds. The highest BCUT2D eigenvalue weighted by molar-refractivity contribution is 7.89. The molecule has 0 saturated heterocycles. The van der Waals surface area contributed by atoms with Crippen LogP contribution in [0, 0.1) is 6.92 Å². The summed E-state index contributed by atoms with van der Waals surface area (Å²) in [5.41, 5.74) is 3.29. The normalized spacial score (nSPS) is 12.2. The number of aromatic nitrogens is 4. The van der Waals surface area contributed by atoms with Crippen LogP contribution in [0.1, 0.15) is 16.0 Å². The molecule has 0 fully saturated rings. The predicted molar refractivity (Wildman–Crippen MR) is 120 cm³/mol. The molecule has 3 aromatic heterocycles. The number of sulfonamides is 1. The maximum Gasteiger partial charge on any atom is 0.243 e. The molecule has 7 nitrogen and oxygen atoms in total. The summed E-state index contributed by atoms with van der Waals surface area (Å²) in [6, 6.07) is 20.4. The number of hydrogen-bond acceptors (Lipinski definition) is 6. The molecule has 0 aliphatic heterocycles. The number of aryl methyl sites for hydroxylation is 1. The lowest BCUT2D eigenvalue weighted by atomic mass is 10.1. The maximum atomic E-state index is 13.5. The van der Waals surface area contributed by atoms with Crippen LogP contribution >= 0.6 is 11.3 Å². The topological polar surface area (TPSA) is 80.5 Å². The molecule has 2 aromatic carbocycles. The number of fused-ring (bicyclic) bond motifs is 3. The highest BCUT2D eigenvalue weighted by atomic mass is 32.2. The lowest BCUT2D eigenvalue weighted by Crippen LogP contribution is -2.30. The standard InChI is InChI=1S/C22H19N5O2S2/c1-16-9-10-21-17(12-16)13-18(22-23-24-25-27(21)22)14-26(15-19-6-5-11-30-19)31(28,29)20-7-3-2-4-8-20/h2-13H,14-15H2,1H3. The molecule has 156 valence electrons. The minimum atomic E-state index is -3.73. The van der Waals surface area contributed by atoms with E-state index in [1.54, 1.807) is 34.8 Å². The first-order chi connectivity index (χ1) is 15.0. The van der Waals surface area contributed by atoms with E-state index in [0.29, 0.717) is 5.65 Å². The number of tetrazole rings is 1. The van der Waals surface area contributed by atoms with Gasteiger partial charge in [0.05, 0.1) is 10.4 Å². The third-order valence-electron chi connectivity index (χ3n) is 5.14. The fourth-order valence-electron chi connectivity index (χ4n) is 3.63. The van der Waals surface area contributed by atoms with E-state index < -0.39 is 10.0 Å². The highest BCUT2D eigenvalue weighted by Gasteiger charge is 2.26.